The molecule has 0 radical (unpaired) electrons. The summed E-state index contributed by atoms with van der Waals surface area (Å²) < 4.78 is 60.4. The maximum atomic E-state index is 12.6. The molecule has 0 spiro atoms. The maximum absolute atomic E-state index is 12.6. The first-order valence-corrected chi connectivity index (χ1v) is 9.31. The van der Waals surface area contributed by atoms with Crippen LogP contribution in [0.3, 0.4) is 0 Å². The summed E-state index contributed by atoms with van der Waals surface area (Å²) in [6.07, 6.45) is -4.47. The second-order valence-electron chi connectivity index (χ2n) is 5.94. The normalized spacial score (nSPS) is 19.4. The van der Waals surface area contributed by atoms with Crippen molar-refractivity contribution in [2.45, 2.75) is 25.4 Å². The summed E-state index contributed by atoms with van der Waals surface area (Å²) in [6, 6.07) is 4.34. The van der Waals surface area contributed by atoms with Crippen LogP contribution in [-0.4, -0.2) is 31.7 Å². The molecule has 1 unspecified atom stereocenters. The van der Waals surface area contributed by atoms with Gasteiger partial charge in [-0.2, -0.15) is 13.2 Å². The smallest absolute Gasteiger partial charge is 0.273 e. The van der Waals surface area contributed by atoms with E-state index in [2.05, 4.69) is 10.9 Å². The number of hydrogen-bond acceptors (Lipinski definition) is 4. The predicted molar refractivity (Wildman–Crippen MR) is 82.8 cm³/mol. The molecule has 6 nitrogen and oxygen atoms in total. The Morgan fingerprint density at radius 3 is 2.44 bits per heavy atom. The molecule has 1 aliphatic rings. The Kier molecular flexibility index (Phi) is 5.71. The number of halogens is 3. The van der Waals surface area contributed by atoms with Crippen LogP contribution in [0.15, 0.2) is 24.3 Å². The zero-order valence-electron chi connectivity index (χ0n) is 13.1. The van der Waals surface area contributed by atoms with Gasteiger partial charge in [0.2, 0.25) is 11.8 Å². The van der Waals surface area contributed by atoms with Crippen molar-refractivity contribution in [3.8, 4) is 0 Å². The molecule has 1 aliphatic heterocycles. The van der Waals surface area contributed by atoms with E-state index in [-0.39, 0.29) is 35.8 Å². The first-order chi connectivity index (χ1) is 11.5. The molecule has 0 saturated carbocycles. The molecule has 1 fully saturated rings. The van der Waals surface area contributed by atoms with Gasteiger partial charge in [-0.25, -0.2) is 8.42 Å². The van der Waals surface area contributed by atoms with Crippen molar-refractivity contribution >= 4 is 21.7 Å². The number of amides is 2. The number of benzene rings is 1. The Bertz CT molecular complexity index is 762. The van der Waals surface area contributed by atoms with Crippen LogP contribution >= 0.6 is 0 Å². The van der Waals surface area contributed by atoms with Gasteiger partial charge < -0.3 is 0 Å². The molecule has 10 heteroatoms. The fourth-order valence-corrected chi connectivity index (χ4v) is 4.43. The Morgan fingerprint density at radius 2 is 1.84 bits per heavy atom. The Hall–Kier alpha value is -2.10. The molecule has 2 amide bonds. The fraction of sp³-hybridized carbons (Fsp3) is 0.467. The first-order valence-electron chi connectivity index (χ1n) is 7.49. The first kappa shape index (κ1) is 19.2. The van der Waals surface area contributed by atoms with Crippen LogP contribution < -0.4 is 10.9 Å². The number of carbonyl (C=O) groups is 2. The lowest BCUT2D eigenvalue weighted by molar-refractivity contribution is -0.137. The summed E-state index contributed by atoms with van der Waals surface area (Å²) in [5.74, 6) is -1.51. The molecule has 1 heterocycles. The van der Waals surface area contributed by atoms with E-state index in [1.807, 2.05) is 0 Å². The molecule has 2 rings (SSSR count). The van der Waals surface area contributed by atoms with Crippen molar-refractivity contribution < 1.29 is 31.2 Å². The average molecular weight is 378 g/mol. The quantitative estimate of drug-likeness (QED) is 0.771. The van der Waals surface area contributed by atoms with Crippen molar-refractivity contribution in [2.75, 3.05) is 11.5 Å². The van der Waals surface area contributed by atoms with Crippen molar-refractivity contribution in [2.24, 2.45) is 5.92 Å². The Morgan fingerprint density at radius 1 is 1.16 bits per heavy atom. The molecule has 1 aromatic rings. The van der Waals surface area contributed by atoms with E-state index >= 15 is 0 Å². The molecule has 1 aromatic carbocycles. The van der Waals surface area contributed by atoms with Crippen LogP contribution in [0, 0.1) is 5.92 Å². The molecule has 25 heavy (non-hydrogen) atoms. The summed E-state index contributed by atoms with van der Waals surface area (Å²) in [5.41, 5.74) is 3.56. The minimum absolute atomic E-state index is 0.0386. The minimum atomic E-state index is -4.50. The SMILES string of the molecule is O=C(Cc1cccc(C(F)(F)F)c1)NNC(=O)CC1CCS(=O)(=O)C1. The van der Waals surface area contributed by atoms with Gasteiger partial charge in [-0.3, -0.25) is 20.4 Å². The topological polar surface area (TPSA) is 92.3 Å². The highest BCUT2D eigenvalue weighted by Gasteiger charge is 2.31. The standard InChI is InChI=1S/C15H17F3N2O4S/c16-15(17,18)12-3-1-2-10(6-12)7-13(21)19-20-14(22)8-11-4-5-25(23,24)9-11/h1-3,6,11H,4-5,7-9H2,(H,19,21)(H,20,22). The Balaban J connectivity index is 1.80. The molecular formula is C15H17F3N2O4S. The molecule has 138 valence electrons. The molecular weight excluding hydrogens is 361 g/mol. The summed E-state index contributed by atoms with van der Waals surface area (Å²) in [7, 11) is -3.09. The van der Waals surface area contributed by atoms with Gasteiger partial charge in [0.05, 0.1) is 23.5 Å². The van der Waals surface area contributed by atoms with Crippen LogP contribution in [0.5, 0.6) is 0 Å². The third-order valence-electron chi connectivity index (χ3n) is 3.76. The van der Waals surface area contributed by atoms with Crippen molar-refractivity contribution in [3.05, 3.63) is 35.4 Å². The number of hydrazine groups is 1. The van der Waals surface area contributed by atoms with Crippen LogP contribution in [0.4, 0.5) is 13.2 Å². The molecule has 0 aliphatic carbocycles. The van der Waals surface area contributed by atoms with Gasteiger partial charge in [0.25, 0.3) is 0 Å². The molecule has 0 bridgehead atoms. The number of rotatable bonds is 4. The van der Waals surface area contributed by atoms with Gasteiger partial charge in [0.1, 0.15) is 0 Å². The monoisotopic (exact) mass is 378 g/mol. The van der Waals surface area contributed by atoms with Gasteiger partial charge in [0.15, 0.2) is 9.84 Å². The second kappa shape index (κ2) is 7.42. The van der Waals surface area contributed by atoms with E-state index in [4.69, 9.17) is 0 Å². The third-order valence-corrected chi connectivity index (χ3v) is 5.60. The maximum Gasteiger partial charge on any atom is 0.416 e. The van der Waals surface area contributed by atoms with Crippen LogP contribution in [0.25, 0.3) is 0 Å². The highest BCUT2D eigenvalue weighted by molar-refractivity contribution is 7.91. The molecule has 2 N–H and O–H groups in total. The van der Waals surface area contributed by atoms with Crippen LogP contribution in [0.2, 0.25) is 0 Å². The van der Waals surface area contributed by atoms with Gasteiger partial charge in [-0.1, -0.05) is 18.2 Å². The summed E-state index contributed by atoms with van der Waals surface area (Å²) in [4.78, 5) is 23.4. The van der Waals surface area contributed by atoms with Crippen molar-refractivity contribution in [1.82, 2.24) is 10.9 Å². The number of alkyl halides is 3. The highest BCUT2D eigenvalue weighted by atomic mass is 32.2. The molecule has 0 aromatic heterocycles. The van der Waals surface area contributed by atoms with E-state index < -0.39 is 33.4 Å². The van der Waals surface area contributed by atoms with Crippen molar-refractivity contribution in [1.29, 1.82) is 0 Å². The molecule has 1 saturated heterocycles. The zero-order valence-corrected chi connectivity index (χ0v) is 13.9. The van der Waals surface area contributed by atoms with Gasteiger partial charge in [-0.05, 0) is 24.0 Å². The molecule has 1 atom stereocenters. The lowest BCUT2D eigenvalue weighted by Crippen LogP contribution is -2.43. The number of hydrogen-bond donors (Lipinski definition) is 2. The van der Waals surface area contributed by atoms with Gasteiger partial charge in [0, 0.05) is 6.42 Å². The van der Waals surface area contributed by atoms with Gasteiger partial charge >= 0.3 is 6.18 Å². The van der Waals surface area contributed by atoms with Crippen LogP contribution in [-0.2, 0) is 32.0 Å². The predicted octanol–water partition coefficient (Wildman–Crippen LogP) is 1.22. The van der Waals surface area contributed by atoms with E-state index in [1.54, 1.807) is 0 Å². The average Bonchev–Trinajstić information content (AvgIpc) is 2.83. The lowest BCUT2D eigenvalue weighted by atomic mass is 10.1. The van der Waals surface area contributed by atoms with Crippen molar-refractivity contribution in [3.63, 3.8) is 0 Å². The van der Waals surface area contributed by atoms with E-state index in [1.165, 1.54) is 12.1 Å². The Labute approximate surface area is 142 Å². The van der Waals surface area contributed by atoms with E-state index in [0.717, 1.165) is 12.1 Å². The summed E-state index contributed by atoms with van der Waals surface area (Å²) in [5, 5.41) is 0. The fourth-order valence-electron chi connectivity index (χ4n) is 2.57. The van der Waals surface area contributed by atoms with E-state index in [9.17, 15) is 31.2 Å². The largest absolute Gasteiger partial charge is 0.416 e. The number of carbonyl (C=O) groups excluding carboxylic acids is 2. The number of sulfone groups is 1. The summed E-state index contributed by atoms with van der Waals surface area (Å²) >= 11 is 0. The highest BCUT2D eigenvalue weighted by Crippen LogP contribution is 2.29. The van der Waals surface area contributed by atoms with Gasteiger partial charge in [-0.15, -0.1) is 0 Å². The third kappa shape index (κ3) is 6.04. The van der Waals surface area contributed by atoms with E-state index in [0.29, 0.717) is 6.42 Å². The zero-order chi connectivity index (χ0) is 18.7. The lowest BCUT2D eigenvalue weighted by Gasteiger charge is -2.11. The summed E-state index contributed by atoms with van der Waals surface area (Å²) in [6.45, 7) is 0. The minimum Gasteiger partial charge on any atom is -0.273 e. The second-order valence-corrected chi connectivity index (χ2v) is 8.17. The number of nitrogens with one attached hydrogen (secondary N) is 2. The van der Waals surface area contributed by atoms with Crippen LogP contribution in [0.1, 0.15) is 24.0 Å².